The second-order valence-electron chi connectivity index (χ2n) is 1.51. The number of hydrogen-bond donors (Lipinski definition) is 3. The molecule has 0 amide bonds. The first kappa shape index (κ1) is 8.63. The fourth-order valence-electron chi connectivity index (χ4n) is 0.336. The molecule has 0 bridgehead atoms. The van der Waals surface area contributed by atoms with E-state index in [1.165, 1.54) is 5.43 Å². The highest BCUT2D eigenvalue weighted by molar-refractivity contribution is 5.73. The molecule has 0 fully saturated rings. The largest absolute Gasteiger partial charge is 0.480 e. The quantitative estimate of drug-likeness (QED) is 0.320. The van der Waals surface area contributed by atoms with Gasteiger partial charge in [-0.15, -0.1) is 5.43 Å². The summed E-state index contributed by atoms with van der Waals surface area (Å²) in [5.41, 5.74) is 6.40. The Morgan fingerprint density at radius 2 is 2.40 bits per heavy atom. The fraction of sp³-hybridized carbons (Fsp3) is 0.667. The van der Waals surface area contributed by atoms with Gasteiger partial charge in [-0.2, -0.15) is 0 Å². The van der Waals surface area contributed by atoms with Crippen molar-refractivity contribution in [1.29, 1.82) is 0 Å². The second kappa shape index (κ2) is 3.62. The minimum absolute atomic E-state index is 0.309. The van der Waals surface area contributed by atoms with Gasteiger partial charge in [0.05, 0.1) is 0 Å². The predicted molar refractivity (Wildman–Crippen MR) is 30.6 cm³/mol. The summed E-state index contributed by atoms with van der Waals surface area (Å²) in [6.07, 6.45) is 0. The molecule has 0 aromatic rings. The van der Waals surface area contributed by atoms with E-state index >= 15 is 0 Å². The third-order valence-electron chi connectivity index (χ3n) is 0.795. The number of nitrogens with two attached hydrogens (primary N) is 1. The molecule has 0 saturated carbocycles. The Kier molecular flexibility index (Phi) is 3.12. The Balaban J connectivity index is 3.83. The lowest BCUT2D eigenvalue weighted by molar-refractivity contribution is -0.548. The Bertz CT molecular complexity index is 147. The predicted octanol–water partition coefficient (Wildman–Crippen LogP) is -1.82. The Morgan fingerprint density at radius 1 is 1.90 bits per heavy atom. The van der Waals surface area contributed by atoms with Crippen LogP contribution in [0.25, 0.3) is 0 Å². The van der Waals surface area contributed by atoms with Gasteiger partial charge in [0, 0.05) is 6.54 Å². The SMILES string of the molecule is NCC(N[N+](=O)[O-])C(=O)O. The van der Waals surface area contributed by atoms with Crippen LogP contribution < -0.4 is 11.2 Å². The summed E-state index contributed by atoms with van der Waals surface area (Å²) in [7, 11) is 0. The van der Waals surface area contributed by atoms with E-state index in [4.69, 9.17) is 10.8 Å². The molecule has 0 heterocycles. The first-order valence-electron chi connectivity index (χ1n) is 2.41. The van der Waals surface area contributed by atoms with E-state index in [2.05, 4.69) is 0 Å². The number of nitrogens with zero attached hydrogens (tertiary/aromatic N) is 1. The Hall–Kier alpha value is -1.37. The number of carboxylic acids is 1. The maximum absolute atomic E-state index is 10.0. The summed E-state index contributed by atoms with van der Waals surface area (Å²) in [4.78, 5) is 19.7. The molecule has 4 N–H and O–H groups in total. The molecular weight excluding hydrogens is 142 g/mol. The van der Waals surface area contributed by atoms with Gasteiger partial charge in [-0.3, -0.25) is 0 Å². The molecule has 0 aliphatic rings. The summed E-state index contributed by atoms with van der Waals surface area (Å²) in [5, 5.41) is 16.9. The van der Waals surface area contributed by atoms with Gasteiger partial charge in [-0.05, 0) is 0 Å². The van der Waals surface area contributed by atoms with Crippen LogP contribution in [0.5, 0.6) is 0 Å². The first-order chi connectivity index (χ1) is 4.57. The Labute approximate surface area is 55.9 Å². The van der Waals surface area contributed by atoms with Crippen molar-refractivity contribution < 1.29 is 14.9 Å². The van der Waals surface area contributed by atoms with Crippen molar-refractivity contribution in [3.63, 3.8) is 0 Å². The third-order valence-corrected chi connectivity index (χ3v) is 0.795. The highest BCUT2D eigenvalue weighted by Gasteiger charge is 2.19. The van der Waals surface area contributed by atoms with Crippen molar-refractivity contribution in [2.45, 2.75) is 6.04 Å². The summed E-state index contributed by atoms with van der Waals surface area (Å²) in [5.74, 6) is -1.33. The van der Waals surface area contributed by atoms with Crippen LogP contribution in [-0.2, 0) is 4.79 Å². The monoisotopic (exact) mass is 149 g/mol. The first-order valence-corrected chi connectivity index (χ1v) is 2.41. The van der Waals surface area contributed by atoms with Gasteiger partial charge >= 0.3 is 5.97 Å². The van der Waals surface area contributed by atoms with Gasteiger partial charge < -0.3 is 10.8 Å². The summed E-state index contributed by atoms with van der Waals surface area (Å²) in [6.45, 7) is -0.309. The topological polar surface area (TPSA) is 118 Å². The van der Waals surface area contributed by atoms with Gasteiger partial charge in [-0.25, -0.2) is 14.9 Å². The van der Waals surface area contributed by atoms with Gasteiger partial charge in [0.15, 0.2) is 11.1 Å². The van der Waals surface area contributed by atoms with Crippen molar-refractivity contribution in [3.8, 4) is 0 Å². The van der Waals surface area contributed by atoms with E-state index in [9.17, 15) is 14.9 Å². The molecule has 0 aromatic heterocycles. The van der Waals surface area contributed by atoms with Crippen molar-refractivity contribution in [2.75, 3.05) is 6.54 Å². The number of carboxylic acid groups (broad SMARTS) is 1. The molecule has 0 aliphatic heterocycles. The lowest BCUT2D eigenvalue weighted by Crippen LogP contribution is -2.45. The zero-order valence-electron chi connectivity index (χ0n) is 4.98. The molecule has 0 spiro atoms. The smallest absolute Gasteiger partial charge is 0.333 e. The lowest BCUT2D eigenvalue weighted by Gasteiger charge is -2.03. The molecule has 0 saturated heterocycles. The van der Waals surface area contributed by atoms with Crippen LogP contribution in [0.2, 0.25) is 0 Å². The number of carbonyl (C=O) groups is 1. The highest BCUT2D eigenvalue weighted by atomic mass is 16.7. The average Bonchev–Trinajstić information content (AvgIpc) is 1.81. The maximum atomic E-state index is 10.0. The van der Waals surface area contributed by atoms with Gasteiger partial charge in [0.25, 0.3) is 0 Å². The van der Waals surface area contributed by atoms with Crippen molar-refractivity contribution >= 4 is 5.97 Å². The van der Waals surface area contributed by atoms with E-state index in [0.717, 1.165) is 0 Å². The van der Waals surface area contributed by atoms with Crippen LogP contribution in [-0.4, -0.2) is 28.7 Å². The number of rotatable bonds is 4. The van der Waals surface area contributed by atoms with E-state index < -0.39 is 17.0 Å². The van der Waals surface area contributed by atoms with Crippen LogP contribution in [0.4, 0.5) is 0 Å². The molecule has 1 atom stereocenters. The fourth-order valence-corrected chi connectivity index (χ4v) is 0.336. The summed E-state index contributed by atoms with van der Waals surface area (Å²) < 4.78 is 0. The lowest BCUT2D eigenvalue weighted by atomic mass is 10.3. The van der Waals surface area contributed by atoms with Gasteiger partial charge in [0.2, 0.25) is 0 Å². The summed E-state index contributed by atoms with van der Waals surface area (Å²) in [6, 6.07) is -1.31. The second-order valence-corrected chi connectivity index (χ2v) is 1.51. The normalized spacial score (nSPS) is 12.1. The summed E-state index contributed by atoms with van der Waals surface area (Å²) >= 11 is 0. The van der Waals surface area contributed by atoms with Crippen LogP contribution in [0.1, 0.15) is 0 Å². The minimum Gasteiger partial charge on any atom is -0.480 e. The molecule has 7 nitrogen and oxygen atoms in total. The van der Waals surface area contributed by atoms with Crippen molar-refractivity contribution in [2.24, 2.45) is 5.73 Å². The number of hydrazine groups is 1. The zero-order valence-corrected chi connectivity index (χ0v) is 4.98. The molecular formula is C3H7N3O4. The molecule has 0 radical (unpaired) electrons. The Morgan fingerprint density at radius 3 is 2.50 bits per heavy atom. The molecule has 0 rings (SSSR count). The van der Waals surface area contributed by atoms with Gasteiger partial charge in [0.1, 0.15) is 0 Å². The molecule has 58 valence electrons. The van der Waals surface area contributed by atoms with Crippen LogP contribution >= 0.6 is 0 Å². The average molecular weight is 149 g/mol. The third kappa shape index (κ3) is 2.82. The van der Waals surface area contributed by atoms with Crippen molar-refractivity contribution in [1.82, 2.24) is 5.43 Å². The van der Waals surface area contributed by atoms with Crippen LogP contribution in [0.3, 0.4) is 0 Å². The van der Waals surface area contributed by atoms with Crippen molar-refractivity contribution in [3.05, 3.63) is 10.1 Å². The van der Waals surface area contributed by atoms with Gasteiger partial charge in [-0.1, -0.05) is 0 Å². The number of nitro groups is 1. The highest BCUT2D eigenvalue weighted by Crippen LogP contribution is 1.78. The van der Waals surface area contributed by atoms with E-state index in [0.29, 0.717) is 0 Å². The zero-order chi connectivity index (χ0) is 8.15. The number of nitrogens with one attached hydrogen (secondary N) is 1. The molecule has 1 unspecified atom stereocenters. The number of aliphatic carboxylic acids is 1. The van der Waals surface area contributed by atoms with E-state index in [1.807, 2.05) is 0 Å². The van der Waals surface area contributed by atoms with Crippen LogP contribution in [0, 0.1) is 10.1 Å². The molecule has 7 heteroatoms. The van der Waals surface area contributed by atoms with Crippen LogP contribution in [0.15, 0.2) is 0 Å². The van der Waals surface area contributed by atoms with E-state index in [-0.39, 0.29) is 6.54 Å². The number of hydrogen-bond acceptors (Lipinski definition) is 4. The molecule has 10 heavy (non-hydrogen) atoms. The molecule has 0 aliphatic carbocycles. The maximum Gasteiger partial charge on any atom is 0.333 e. The standard InChI is InChI=1S/C3H7N3O4/c4-1-2(3(7)8)5-6(9)10/h2,5H,1,4H2,(H,7,8). The minimum atomic E-state index is -1.33. The van der Waals surface area contributed by atoms with E-state index in [1.54, 1.807) is 0 Å². The molecule has 0 aromatic carbocycles.